The van der Waals surface area contributed by atoms with E-state index in [9.17, 15) is 9.90 Å². The van der Waals surface area contributed by atoms with Crippen LogP contribution in [0.3, 0.4) is 0 Å². The van der Waals surface area contributed by atoms with E-state index in [2.05, 4.69) is 5.32 Å². The van der Waals surface area contributed by atoms with E-state index in [1.54, 1.807) is 0 Å². The predicted molar refractivity (Wildman–Crippen MR) is 79.4 cm³/mol. The van der Waals surface area contributed by atoms with Crippen molar-refractivity contribution in [1.82, 2.24) is 5.32 Å². The molecule has 2 N–H and O–H groups in total. The van der Waals surface area contributed by atoms with Crippen molar-refractivity contribution < 1.29 is 9.90 Å². The van der Waals surface area contributed by atoms with Crippen molar-refractivity contribution >= 4 is 17.7 Å². The second kappa shape index (κ2) is 6.44. The summed E-state index contributed by atoms with van der Waals surface area (Å²) in [6.07, 6.45) is 1.91. The van der Waals surface area contributed by atoms with Gasteiger partial charge in [0.1, 0.15) is 0 Å². The minimum absolute atomic E-state index is 0.0164. The van der Waals surface area contributed by atoms with Gasteiger partial charge < -0.3 is 10.4 Å². The van der Waals surface area contributed by atoms with Crippen LogP contribution in [-0.4, -0.2) is 34.7 Å². The summed E-state index contributed by atoms with van der Waals surface area (Å²) in [5.41, 5.74) is 1.48. The number of hydrogen-bond donors (Lipinski definition) is 2. The van der Waals surface area contributed by atoms with Gasteiger partial charge >= 0.3 is 0 Å². The Hall–Kier alpha value is -1.00. The van der Waals surface area contributed by atoms with E-state index in [-0.39, 0.29) is 5.91 Å². The maximum absolute atomic E-state index is 11.9. The number of thioether (sulfide) groups is 1. The van der Waals surface area contributed by atoms with Gasteiger partial charge in [-0.2, -0.15) is 11.8 Å². The largest absolute Gasteiger partial charge is 0.388 e. The smallest absolute Gasteiger partial charge is 0.224 e. The van der Waals surface area contributed by atoms with E-state index >= 15 is 0 Å². The quantitative estimate of drug-likeness (QED) is 0.885. The van der Waals surface area contributed by atoms with Gasteiger partial charge in [-0.1, -0.05) is 29.8 Å². The Morgan fingerprint density at radius 2 is 2.16 bits per heavy atom. The lowest BCUT2D eigenvalue weighted by molar-refractivity contribution is -0.121. The molecule has 0 atom stereocenters. The highest BCUT2D eigenvalue weighted by Gasteiger charge is 2.29. The zero-order chi connectivity index (χ0) is 13.7. The van der Waals surface area contributed by atoms with Crippen LogP contribution in [0.1, 0.15) is 24.0 Å². The minimum atomic E-state index is -0.701. The number of carbonyl (C=O) groups is 1. The molecule has 1 aromatic rings. The molecule has 1 aliphatic heterocycles. The first kappa shape index (κ1) is 14.4. The Morgan fingerprint density at radius 3 is 2.84 bits per heavy atom. The van der Waals surface area contributed by atoms with Gasteiger partial charge in [0, 0.05) is 6.54 Å². The molecule has 0 bridgehead atoms. The normalized spacial score (nSPS) is 18.0. The van der Waals surface area contributed by atoms with Gasteiger partial charge in [-0.3, -0.25) is 4.79 Å². The lowest BCUT2D eigenvalue weighted by Crippen LogP contribution is -2.45. The fourth-order valence-electron chi connectivity index (χ4n) is 2.26. The summed E-state index contributed by atoms with van der Waals surface area (Å²) >= 11 is 1.86. The minimum Gasteiger partial charge on any atom is -0.388 e. The monoisotopic (exact) mass is 279 g/mol. The highest BCUT2D eigenvalue weighted by Crippen LogP contribution is 2.26. The van der Waals surface area contributed by atoms with Crippen LogP contribution in [0.5, 0.6) is 0 Å². The molecule has 0 unspecified atom stereocenters. The molecule has 1 aromatic carbocycles. The molecule has 19 heavy (non-hydrogen) atoms. The van der Waals surface area contributed by atoms with Crippen LogP contribution in [0.4, 0.5) is 0 Å². The third-order valence-electron chi connectivity index (χ3n) is 3.49. The molecule has 0 aromatic heterocycles. The van der Waals surface area contributed by atoms with Crippen LogP contribution in [0, 0.1) is 6.92 Å². The summed E-state index contributed by atoms with van der Waals surface area (Å²) in [6, 6.07) is 7.96. The number of hydrogen-bond acceptors (Lipinski definition) is 3. The van der Waals surface area contributed by atoms with Crippen molar-refractivity contribution in [1.29, 1.82) is 0 Å². The van der Waals surface area contributed by atoms with Crippen molar-refractivity contribution in [3.63, 3.8) is 0 Å². The first-order valence-electron chi connectivity index (χ1n) is 6.70. The van der Waals surface area contributed by atoms with Crippen LogP contribution < -0.4 is 5.32 Å². The molecule has 0 spiro atoms. The fourth-order valence-corrected chi connectivity index (χ4v) is 3.51. The summed E-state index contributed by atoms with van der Waals surface area (Å²) in [5, 5.41) is 13.2. The Morgan fingerprint density at radius 1 is 1.42 bits per heavy atom. The lowest BCUT2D eigenvalue weighted by atomic mass is 9.97. The molecule has 0 radical (unpaired) electrons. The molecule has 0 aliphatic carbocycles. The number of benzene rings is 1. The van der Waals surface area contributed by atoms with Crippen LogP contribution in [0.25, 0.3) is 0 Å². The number of aliphatic hydroxyl groups is 1. The van der Waals surface area contributed by atoms with E-state index < -0.39 is 5.60 Å². The van der Waals surface area contributed by atoms with Crippen molar-refractivity contribution in [2.24, 2.45) is 0 Å². The molecule has 1 heterocycles. The van der Waals surface area contributed by atoms with E-state index in [1.165, 1.54) is 0 Å². The molecule has 0 saturated carbocycles. The summed E-state index contributed by atoms with van der Waals surface area (Å²) in [4.78, 5) is 11.9. The molecular formula is C15H21NO2S. The Bertz CT molecular complexity index is 442. The Labute approximate surface area is 118 Å². The summed E-state index contributed by atoms with van der Waals surface area (Å²) in [7, 11) is 0. The third kappa shape index (κ3) is 4.55. The zero-order valence-corrected chi connectivity index (χ0v) is 12.1. The van der Waals surface area contributed by atoms with Crippen LogP contribution in [0.2, 0.25) is 0 Å². The molecular weight excluding hydrogens is 258 g/mol. The average Bonchev–Trinajstić information content (AvgIpc) is 2.38. The standard InChI is InChI=1S/C15H21NO2S/c1-12-3-2-4-13(9-12)10-14(17)16-11-15(18)5-7-19-8-6-15/h2-4,9,18H,5-8,10-11H2,1H3,(H,16,17). The maximum Gasteiger partial charge on any atom is 0.224 e. The van der Waals surface area contributed by atoms with Crippen molar-refractivity contribution in [2.75, 3.05) is 18.1 Å². The number of nitrogens with one attached hydrogen (secondary N) is 1. The molecule has 3 nitrogen and oxygen atoms in total. The topological polar surface area (TPSA) is 49.3 Å². The molecule has 1 amide bonds. The SMILES string of the molecule is Cc1cccc(CC(=O)NCC2(O)CCSCC2)c1. The fraction of sp³-hybridized carbons (Fsp3) is 0.533. The van der Waals surface area contributed by atoms with Gasteiger partial charge in [-0.15, -0.1) is 0 Å². The van der Waals surface area contributed by atoms with Crippen LogP contribution in [0.15, 0.2) is 24.3 Å². The van der Waals surface area contributed by atoms with Gasteiger partial charge in [0.25, 0.3) is 0 Å². The van der Waals surface area contributed by atoms with Crippen molar-refractivity contribution in [3.8, 4) is 0 Å². The van der Waals surface area contributed by atoms with Gasteiger partial charge in [0.15, 0.2) is 0 Å². The van der Waals surface area contributed by atoms with Gasteiger partial charge in [0.05, 0.1) is 12.0 Å². The van der Waals surface area contributed by atoms with E-state index in [0.717, 1.165) is 35.5 Å². The first-order chi connectivity index (χ1) is 9.07. The van der Waals surface area contributed by atoms with Crippen molar-refractivity contribution in [3.05, 3.63) is 35.4 Å². The summed E-state index contributed by atoms with van der Waals surface area (Å²) < 4.78 is 0. The number of amides is 1. The van der Waals surface area contributed by atoms with E-state index in [4.69, 9.17) is 0 Å². The summed E-state index contributed by atoms with van der Waals surface area (Å²) in [5.74, 6) is 1.94. The molecule has 2 rings (SSSR count). The predicted octanol–water partition coefficient (Wildman–Crippen LogP) is 1.91. The second-order valence-electron chi connectivity index (χ2n) is 5.28. The number of rotatable bonds is 4. The average molecular weight is 279 g/mol. The second-order valence-corrected chi connectivity index (χ2v) is 6.50. The Kier molecular flexibility index (Phi) is 4.88. The van der Waals surface area contributed by atoms with Gasteiger partial charge in [-0.05, 0) is 36.8 Å². The highest BCUT2D eigenvalue weighted by molar-refractivity contribution is 7.99. The van der Waals surface area contributed by atoms with Gasteiger partial charge in [0.2, 0.25) is 5.91 Å². The molecule has 1 fully saturated rings. The van der Waals surface area contributed by atoms with E-state index in [1.807, 2.05) is 43.0 Å². The highest BCUT2D eigenvalue weighted by atomic mass is 32.2. The molecule has 104 valence electrons. The van der Waals surface area contributed by atoms with Crippen LogP contribution in [-0.2, 0) is 11.2 Å². The third-order valence-corrected chi connectivity index (χ3v) is 4.47. The Balaban J connectivity index is 1.81. The van der Waals surface area contributed by atoms with Gasteiger partial charge in [-0.25, -0.2) is 0 Å². The van der Waals surface area contributed by atoms with Crippen molar-refractivity contribution in [2.45, 2.75) is 31.8 Å². The zero-order valence-electron chi connectivity index (χ0n) is 11.3. The molecule has 1 aliphatic rings. The maximum atomic E-state index is 11.9. The number of carbonyl (C=O) groups excluding carboxylic acids is 1. The van der Waals surface area contributed by atoms with E-state index in [0.29, 0.717) is 13.0 Å². The molecule has 1 saturated heterocycles. The lowest BCUT2D eigenvalue weighted by Gasteiger charge is -2.31. The molecule has 4 heteroatoms. The summed E-state index contributed by atoms with van der Waals surface area (Å²) in [6.45, 7) is 2.39. The first-order valence-corrected chi connectivity index (χ1v) is 7.85. The van der Waals surface area contributed by atoms with Crippen LogP contribution >= 0.6 is 11.8 Å². The number of aryl methyl sites for hydroxylation is 1.